The molecule has 0 spiro atoms. The molecule has 2 rings (SSSR count). The molecule has 0 fully saturated rings. The zero-order valence-electron chi connectivity index (χ0n) is 12.5. The number of rotatable bonds is 3. The van der Waals surface area contributed by atoms with Crippen LogP contribution in [0.15, 0.2) is 16.7 Å². The maximum Gasteiger partial charge on any atom is 0.261 e. The number of carbonyl (C=O) groups excluding carboxylic acids is 1. The topological polar surface area (TPSA) is 55.1 Å². The van der Waals surface area contributed by atoms with E-state index in [1.807, 2.05) is 26.0 Å². The first kappa shape index (κ1) is 14.8. The molecule has 2 aromatic heterocycles. The number of thiophene rings is 1. The molecule has 0 aliphatic heterocycles. The maximum atomic E-state index is 12.2. The van der Waals surface area contributed by atoms with Gasteiger partial charge in [0.25, 0.3) is 5.91 Å². The van der Waals surface area contributed by atoms with Crippen LogP contribution in [0.3, 0.4) is 0 Å². The number of nitrogens with zero attached hydrogens (tertiary/aromatic N) is 1. The Balaban J connectivity index is 2.04. The quantitative estimate of drug-likeness (QED) is 0.940. The number of aromatic nitrogens is 1. The number of aryl methyl sites for hydroxylation is 2. The van der Waals surface area contributed by atoms with Gasteiger partial charge in [-0.15, -0.1) is 11.3 Å². The molecule has 0 bridgehead atoms. The highest BCUT2D eigenvalue weighted by Gasteiger charge is 2.19. The summed E-state index contributed by atoms with van der Waals surface area (Å²) in [6.07, 6.45) is 0. The summed E-state index contributed by atoms with van der Waals surface area (Å²) in [5.74, 6) is 0.704. The molecule has 0 saturated carbocycles. The lowest BCUT2D eigenvalue weighted by Crippen LogP contribution is -2.22. The van der Waals surface area contributed by atoms with Crippen LogP contribution in [0.4, 0.5) is 0 Å². The molecule has 0 aromatic carbocycles. The molecule has 0 atom stereocenters. The zero-order chi connectivity index (χ0) is 14.9. The fraction of sp³-hybridized carbons (Fsp3) is 0.467. The number of carbonyl (C=O) groups is 1. The van der Waals surface area contributed by atoms with E-state index >= 15 is 0 Å². The molecule has 108 valence electrons. The van der Waals surface area contributed by atoms with Crippen LogP contribution in [0.2, 0.25) is 0 Å². The van der Waals surface area contributed by atoms with Crippen LogP contribution in [-0.4, -0.2) is 11.1 Å². The average molecular weight is 292 g/mol. The number of amides is 1. The molecule has 0 unspecified atom stereocenters. The Bertz CT molecular complexity index is 601. The molecule has 0 radical (unpaired) electrons. The summed E-state index contributed by atoms with van der Waals surface area (Å²) < 4.78 is 5.08. The first-order valence-corrected chi connectivity index (χ1v) is 7.41. The van der Waals surface area contributed by atoms with Gasteiger partial charge in [0.1, 0.15) is 5.76 Å². The second kappa shape index (κ2) is 5.40. The van der Waals surface area contributed by atoms with Crippen molar-refractivity contribution < 1.29 is 9.32 Å². The molecule has 2 heterocycles. The highest BCUT2D eigenvalue weighted by atomic mass is 32.1. The first-order valence-electron chi connectivity index (χ1n) is 6.59. The van der Waals surface area contributed by atoms with E-state index in [1.165, 1.54) is 4.88 Å². The normalized spacial score (nSPS) is 11.7. The molecule has 0 saturated heterocycles. The summed E-state index contributed by atoms with van der Waals surface area (Å²) in [6.45, 7) is 10.6. The fourth-order valence-electron chi connectivity index (χ4n) is 1.87. The molecule has 4 nitrogen and oxygen atoms in total. The lowest BCUT2D eigenvalue weighted by molar-refractivity contribution is 0.0955. The van der Waals surface area contributed by atoms with E-state index in [2.05, 4.69) is 31.2 Å². The van der Waals surface area contributed by atoms with Gasteiger partial charge in [0.05, 0.1) is 10.6 Å². The van der Waals surface area contributed by atoms with E-state index in [9.17, 15) is 4.79 Å². The van der Waals surface area contributed by atoms with Gasteiger partial charge in [-0.05, 0) is 31.4 Å². The second-order valence-electron chi connectivity index (χ2n) is 5.90. The van der Waals surface area contributed by atoms with Crippen LogP contribution in [0, 0.1) is 13.8 Å². The molecule has 1 N–H and O–H groups in total. The van der Waals surface area contributed by atoms with Crippen molar-refractivity contribution in [3.8, 4) is 0 Å². The molecule has 0 aliphatic rings. The van der Waals surface area contributed by atoms with Crippen molar-refractivity contribution in [1.82, 2.24) is 10.5 Å². The second-order valence-corrected chi connectivity index (χ2v) is 6.98. The van der Waals surface area contributed by atoms with Gasteiger partial charge >= 0.3 is 0 Å². The lowest BCUT2D eigenvalue weighted by Gasteiger charge is -2.15. The van der Waals surface area contributed by atoms with E-state index in [0.29, 0.717) is 6.54 Å². The van der Waals surface area contributed by atoms with Gasteiger partial charge in [-0.2, -0.15) is 0 Å². The monoisotopic (exact) mass is 292 g/mol. The van der Waals surface area contributed by atoms with Crippen LogP contribution >= 0.6 is 11.3 Å². The standard InChI is InChI=1S/C15H20N2O2S/c1-9-11(10(2)19-17-9)8-16-14(18)12-6-7-13(20-12)15(3,4)5/h6-7H,8H2,1-5H3,(H,16,18). The highest BCUT2D eigenvalue weighted by molar-refractivity contribution is 7.14. The summed E-state index contributed by atoms with van der Waals surface area (Å²) >= 11 is 1.54. The Morgan fingerprint density at radius 1 is 1.35 bits per heavy atom. The molecular formula is C15H20N2O2S. The summed E-state index contributed by atoms with van der Waals surface area (Å²) in [5, 5.41) is 6.80. The van der Waals surface area contributed by atoms with Crippen LogP contribution < -0.4 is 5.32 Å². The third-order valence-electron chi connectivity index (χ3n) is 3.18. The largest absolute Gasteiger partial charge is 0.361 e. The van der Waals surface area contributed by atoms with Gasteiger partial charge < -0.3 is 9.84 Å². The van der Waals surface area contributed by atoms with Gasteiger partial charge in [0.2, 0.25) is 0 Å². The number of hydrogen-bond donors (Lipinski definition) is 1. The van der Waals surface area contributed by atoms with Gasteiger partial charge in [-0.1, -0.05) is 25.9 Å². The molecule has 20 heavy (non-hydrogen) atoms. The van der Waals surface area contributed by atoms with Crippen molar-refractivity contribution in [2.75, 3.05) is 0 Å². The summed E-state index contributed by atoms with van der Waals surface area (Å²) in [6, 6.07) is 3.91. The summed E-state index contributed by atoms with van der Waals surface area (Å²) in [5.41, 5.74) is 1.85. The predicted molar refractivity (Wildman–Crippen MR) is 80.2 cm³/mol. The van der Waals surface area contributed by atoms with Gasteiger partial charge in [0.15, 0.2) is 0 Å². The average Bonchev–Trinajstić information content (AvgIpc) is 2.95. The number of hydrogen-bond acceptors (Lipinski definition) is 4. The Kier molecular flexibility index (Phi) is 3.99. The minimum atomic E-state index is -0.0505. The zero-order valence-corrected chi connectivity index (χ0v) is 13.4. The molecule has 2 aromatic rings. The SMILES string of the molecule is Cc1noc(C)c1CNC(=O)c1ccc(C(C)(C)C)s1. The lowest BCUT2D eigenvalue weighted by atomic mass is 9.95. The summed E-state index contributed by atoms with van der Waals surface area (Å²) in [4.78, 5) is 14.1. The van der Waals surface area contributed by atoms with E-state index in [1.54, 1.807) is 11.3 Å². The fourth-order valence-corrected chi connectivity index (χ4v) is 2.85. The minimum absolute atomic E-state index is 0.0505. The Morgan fingerprint density at radius 3 is 2.55 bits per heavy atom. The van der Waals surface area contributed by atoms with Gasteiger partial charge in [-0.25, -0.2) is 0 Å². The van der Waals surface area contributed by atoms with Crippen molar-refractivity contribution in [2.45, 2.75) is 46.6 Å². The third kappa shape index (κ3) is 3.10. The number of nitrogens with one attached hydrogen (secondary N) is 1. The van der Waals surface area contributed by atoms with Crippen molar-refractivity contribution in [3.63, 3.8) is 0 Å². The van der Waals surface area contributed by atoms with Gasteiger partial charge in [-0.3, -0.25) is 4.79 Å². The third-order valence-corrected chi connectivity index (χ3v) is 4.69. The predicted octanol–water partition coefficient (Wildman–Crippen LogP) is 3.58. The van der Waals surface area contributed by atoms with Gasteiger partial charge in [0, 0.05) is 17.0 Å². The minimum Gasteiger partial charge on any atom is -0.361 e. The Labute approximate surface area is 123 Å². The van der Waals surface area contributed by atoms with E-state index in [4.69, 9.17) is 4.52 Å². The van der Waals surface area contributed by atoms with Crippen LogP contribution in [-0.2, 0) is 12.0 Å². The molecular weight excluding hydrogens is 272 g/mol. The van der Waals surface area contributed by atoms with Crippen LogP contribution in [0.1, 0.15) is 52.3 Å². The van der Waals surface area contributed by atoms with Crippen LogP contribution in [0.25, 0.3) is 0 Å². The van der Waals surface area contributed by atoms with Crippen molar-refractivity contribution >= 4 is 17.2 Å². The van der Waals surface area contributed by atoms with E-state index in [-0.39, 0.29) is 11.3 Å². The molecule has 1 amide bonds. The molecule has 0 aliphatic carbocycles. The van der Waals surface area contributed by atoms with E-state index in [0.717, 1.165) is 21.9 Å². The maximum absolute atomic E-state index is 12.2. The Morgan fingerprint density at radius 2 is 2.05 bits per heavy atom. The van der Waals surface area contributed by atoms with Crippen molar-refractivity contribution in [1.29, 1.82) is 0 Å². The smallest absolute Gasteiger partial charge is 0.261 e. The summed E-state index contributed by atoms with van der Waals surface area (Å²) in [7, 11) is 0. The highest BCUT2D eigenvalue weighted by Crippen LogP contribution is 2.29. The van der Waals surface area contributed by atoms with E-state index < -0.39 is 0 Å². The molecule has 5 heteroatoms. The van der Waals surface area contributed by atoms with Crippen molar-refractivity contribution in [2.24, 2.45) is 0 Å². The Hall–Kier alpha value is -1.62. The van der Waals surface area contributed by atoms with Crippen molar-refractivity contribution in [3.05, 3.63) is 38.9 Å². The first-order chi connectivity index (χ1) is 9.29. The van der Waals surface area contributed by atoms with Crippen LogP contribution in [0.5, 0.6) is 0 Å².